The monoisotopic (exact) mass is 595 g/mol. The number of anilines is 2. The molecule has 2 aromatic carbocycles. The molecule has 1 fully saturated rings. The number of amides is 3. The number of nitrogens with zero attached hydrogens (tertiary/aromatic N) is 3. The molecule has 1 saturated heterocycles. The summed E-state index contributed by atoms with van der Waals surface area (Å²) in [6.45, 7) is 5.81. The van der Waals surface area contributed by atoms with E-state index >= 15 is 0 Å². The molecule has 0 spiro atoms. The summed E-state index contributed by atoms with van der Waals surface area (Å²) in [7, 11) is 2.13. The normalized spacial score (nSPS) is 13.7. The second-order valence-electron chi connectivity index (χ2n) is 9.66. The second kappa shape index (κ2) is 15.3. The number of hydrogen-bond donors (Lipinski definition) is 4. The summed E-state index contributed by atoms with van der Waals surface area (Å²) >= 11 is 11.7. The van der Waals surface area contributed by atoms with E-state index in [1.54, 1.807) is 36.5 Å². The molecule has 1 aliphatic rings. The first-order valence-corrected chi connectivity index (χ1v) is 14.2. The number of thiocarbonyl (C=S) groups is 1. The van der Waals surface area contributed by atoms with Crippen molar-refractivity contribution in [2.75, 3.05) is 56.9 Å². The summed E-state index contributed by atoms with van der Waals surface area (Å²) < 4.78 is 5.91. The van der Waals surface area contributed by atoms with Gasteiger partial charge in [0.25, 0.3) is 0 Å². The lowest BCUT2D eigenvalue weighted by molar-refractivity contribution is -0.119. The van der Waals surface area contributed by atoms with Crippen LogP contribution < -0.4 is 26.0 Å². The van der Waals surface area contributed by atoms with E-state index in [-0.39, 0.29) is 23.5 Å². The lowest BCUT2D eigenvalue weighted by Crippen LogP contribution is -2.45. The molecule has 0 bridgehead atoms. The Kier molecular flexibility index (Phi) is 11.3. The molecule has 0 unspecified atom stereocenters. The summed E-state index contributed by atoms with van der Waals surface area (Å²) in [5, 5.41) is 11.7. The van der Waals surface area contributed by atoms with Crippen molar-refractivity contribution < 1.29 is 14.3 Å². The average molecular weight is 596 g/mol. The molecule has 10 nitrogen and oxygen atoms in total. The van der Waals surface area contributed by atoms with Crippen molar-refractivity contribution in [2.45, 2.75) is 12.8 Å². The number of piperazine rings is 1. The quantitative estimate of drug-likeness (QED) is 0.202. The average Bonchev–Trinajstić information content (AvgIpc) is 2.94. The van der Waals surface area contributed by atoms with Crippen molar-refractivity contribution >= 4 is 52.4 Å². The first kappa shape index (κ1) is 30.2. The van der Waals surface area contributed by atoms with E-state index in [0.717, 1.165) is 44.7 Å². The molecule has 3 amide bonds. The summed E-state index contributed by atoms with van der Waals surface area (Å²) in [5.41, 5.74) is 1.41. The summed E-state index contributed by atoms with van der Waals surface area (Å²) in [4.78, 5) is 33.5. The lowest BCUT2D eigenvalue weighted by Gasteiger charge is -2.32. The third kappa shape index (κ3) is 10.3. The SMILES string of the molecule is CN1CCN(CCCNC(=O)Nc2cc(Oc3ccc(NC(=S)NC(=O)Cc4ccccc4)c(Cl)c3)ccn2)CC1. The van der Waals surface area contributed by atoms with Crippen molar-refractivity contribution in [1.29, 1.82) is 0 Å². The summed E-state index contributed by atoms with van der Waals surface area (Å²) in [6.07, 6.45) is 2.64. The Bertz CT molecular complexity index is 1340. The van der Waals surface area contributed by atoms with Gasteiger partial charge in [-0.05, 0) is 56.0 Å². The number of nitrogens with one attached hydrogen (secondary N) is 4. The van der Waals surface area contributed by atoms with Gasteiger partial charge in [-0.15, -0.1) is 0 Å². The number of rotatable bonds is 10. The lowest BCUT2D eigenvalue weighted by atomic mass is 10.1. The maximum absolute atomic E-state index is 12.3. The van der Waals surface area contributed by atoms with E-state index in [4.69, 9.17) is 28.6 Å². The van der Waals surface area contributed by atoms with Crippen LogP contribution in [0.15, 0.2) is 66.9 Å². The molecule has 3 aromatic rings. The van der Waals surface area contributed by atoms with Crippen molar-refractivity contribution in [3.05, 3.63) is 77.4 Å². The van der Waals surface area contributed by atoms with Crippen molar-refractivity contribution in [1.82, 2.24) is 25.4 Å². The number of benzene rings is 2. The van der Waals surface area contributed by atoms with Gasteiger partial charge in [0.15, 0.2) is 5.11 Å². The molecule has 0 aliphatic carbocycles. The maximum Gasteiger partial charge on any atom is 0.320 e. The van der Waals surface area contributed by atoms with Crippen molar-refractivity contribution in [3.8, 4) is 11.5 Å². The highest BCUT2D eigenvalue weighted by Gasteiger charge is 2.13. The van der Waals surface area contributed by atoms with Crippen LogP contribution in [0.25, 0.3) is 0 Å². The van der Waals surface area contributed by atoms with Crippen LogP contribution >= 0.6 is 23.8 Å². The van der Waals surface area contributed by atoms with Gasteiger partial charge in [-0.2, -0.15) is 0 Å². The topological polar surface area (TPSA) is 111 Å². The highest BCUT2D eigenvalue weighted by Crippen LogP contribution is 2.30. The Morgan fingerprint density at radius 3 is 2.51 bits per heavy atom. The zero-order valence-electron chi connectivity index (χ0n) is 22.9. The fourth-order valence-corrected chi connectivity index (χ4v) is 4.62. The highest BCUT2D eigenvalue weighted by molar-refractivity contribution is 7.80. The van der Waals surface area contributed by atoms with E-state index in [2.05, 4.69) is 43.1 Å². The summed E-state index contributed by atoms with van der Waals surface area (Å²) in [6, 6.07) is 17.4. The molecule has 0 atom stereocenters. The number of carbonyl (C=O) groups is 2. The zero-order valence-corrected chi connectivity index (χ0v) is 24.4. The molecular formula is C29H34ClN7O3S. The first-order chi connectivity index (χ1) is 19.8. The van der Waals surface area contributed by atoms with E-state index in [9.17, 15) is 9.59 Å². The fourth-order valence-electron chi connectivity index (χ4n) is 4.18. The Hall–Kier alpha value is -3.77. The largest absolute Gasteiger partial charge is 0.457 e. The van der Waals surface area contributed by atoms with Crippen LogP contribution in [0.2, 0.25) is 5.02 Å². The molecule has 1 aliphatic heterocycles. The third-order valence-corrected chi connectivity index (χ3v) is 6.91. The molecule has 4 rings (SSSR count). The molecule has 4 N–H and O–H groups in total. The fraction of sp³-hybridized carbons (Fsp3) is 0.310. The van der Waals surface area contributed by atoms with Gasteiger partial charge in [-0.1, -0.05) is 41.9 Å². The molecule has 0 radical (unpaired) electrons. The van der Waals surface area contributed by atoms with Crippen LogP contribution in [0.4, 0.5) is 16.3 Å². The summed E-state index contributed by atoms with van der Waals surface area (Å²) in [5.74, 6) is 1.09. The minimum atomic E-state index is -0.321. The third-order valence-electron chi connectivity index (χ3n) is 6.39. The smallest absolute Gasteiger partial charge is 0.320 e. The standard InChI is InChI=1S/C29H34ClN7O3S/c1-36-14-16-37(17-15-36)13-5-11-32-28(39)34-26-20-23(10-12-31-26)40-22-8-9-25(24(30)19-22)33-29(41)35-27(38)18-21-6-3-2-4-7-21/h2-4,6-10,12,19-20H,5,11,13-18H2,1H3,(H2,31,32,34,39)(H2,33,35,38,41). The predicted molar refractivity (Wildman–Crippen MR) is 166 cm³/mol. The van der Waals surface area contributed by atoms with Gasteiger partial charge in [0.05, 0.1) is 17.1 Å². The molecule has 0 saturated carbocycles. The van der Waals surface area contributed by atoms with Crippen LogP contribution in [0.5, 0.6) is 11.5 Å². The number of likely N-dealkylation sites (N-methyl/N-ethyl adjacent to an activating group) is 1. The second-order valence-corrected chi connectivity index (χ2v) is 10.5. The van der Waals surface area contributed by atoms with Gasteiger partial charge in [0.2, 0.25) is 5.91 Å². The minimum absolute atomic E-state index is 0.143. The molecule has 2 heterocycles. The van der Waals surface area contributed by atoms with Gasteiger partial charge >= 0.3 is 6.03 Å². The van der Waals surface area contributed by atoms with Crippen LogP contribution in [0.1, 0.15) is 12.0 Å². The van der Waals surface area contributed by atoms with Crippen LogP contribution in [0, 0.1) is 0 Å². The number of hydrogen-bond acceptors (Lipinski definition) is 7. The molecular weight excluding hydrogens is 562 g/mol. The number of pyridine rings is 1. The van der Waals surface area contributed by atoms with Crippen LogP contribution in [0.3, 0.4) is 0 Å². The van der Waals surface area contributed by atoms with Crippen molar-refractivity contribution in [3.63, 3.8) is 0 Å². The Labute approximate surface area is 250 Å². The Balaban J connectivity index is 1.21. The highest BCUT2D eigenvalue weighted by atomic mass is 35.5. The minimum Gasteiger partial charge on any atom is -0.457 e. The number of halogens is 1. The Morgan fingerprint density at radius 1 is 1.00 bits per heavy atom. The van der Waals surface area contributed by atoms with E-state index in [1.807, 2.05) is 30.3 Å². The van der Waals surface area contributed by atoms with Gasteiger partial charge in [-0.3, -0.25) is 10.1 Å². The van der Waals surface area contributed by atoms with E-state index in [0.29, 0.717) is 34.6 Å². The predicted octanol–water partition coefficient (Wildman–Crippen LogP) is 4.34. The number of ether oxygens (including phenoxy) is 1. The first-order valence-electron chi connectivity index (χ1n) is 13.4. The van der Waals surface area contributed by atoms with Gasteiger partial charge in [-0.25, -0.2) is 9.78 Å². The number of aromatic nitrogens is 1. The van der Waals surface area contributed by atoms with E-state index < -0.39 is 0 Å². The molecule has 41 heavy (non-hydrogen) atoms. The van der Waals surface area contributed by atoms with Crippen LogP contribution in [-0.4, -0.2) is 78.2 Å². The van der Waals surface area contributed by atoms with Crippen molar-refractivity contribution in [2.24, 2.45) is 0 Å². The van der Waals surface area contributed by atoms with Gasteiger partial charge < -0.3 is 30.5 Å². The van der Waals surface area contributed by atoms with Gasteiger partial charge in [0.1, 0.15) is 17.3 Å². The number of urea groups is 1. The maximum atomic E-state index is 12.3. The molecule has 12 heteroatoms. The zero-order chi connectivity index (χ0) is 29.0. The molecule has 216 valence electrons. The van der Waals surface area contributed by atoms with Crippen LogP contribution in [-0.2, 0) is 11.2 Å². The number of carbonyl (C=O) groups excluding carboxylic acids is 2. The van der Waals surface area contributed by atoms with E-state index in [1.165, 1.54) is 0 Å². The van der Waals surface area contributed by atoms with Gasteiger partial charge in [0, 0.05) is 51.1 Å². The Morgan fingerprint density at radius 2 is 1.76 bits per heavy atom. The molecule has 1 aromatic heterocycles.